The Balaban J connectivity index is 3.14. The van der Waals surface area contributed by atoms with Gasteiger partial charge in [0, 0.05) is 12.2 Å². The first-order valence-corrected chi connectivity index (χ1v) is 6.38. The first-order valence-electron chi connectivity index (χ1n) is 5.15. The molecule has 0 unspecified atom stereocenters. The molecule has 0 radical (unpaired) electrons. The number of nitriles is 1. The van der Waals surface area contributed by atoms with Crippen molar-refractivity contribution in [1.29, 1.82) is 5.26 Å². The molecule has 0 N–H and O–H groups in total. The van der Waals surface area contributed by atoms with Crippen molar-refractivity contribution in [1.82, 2.24) is 0 Å². The average molecular weight is 260 g/mol. The first kappa shape index (κ1) is 14.0. The molecule has 0 atom stereocenters. The van der Waals surface area contributed by atoms with Crippen LogP contribution in [-0.2, 0) is 0 Å². The molecule has 0 saturated carbocycles. The number of thioether (sulfide) groups is 1. The highest BCUT2D eigenvalue weighted by atomic mass is 32.2. The molecule has 1 rings (SSSR count). The third kappa shape index (κ3) is 4.07. The molecular formula is C13H12N2O2S. The van der Waals surface area contributed by atoms with E-state index in [0.29, 0.717) is 4.91 Å². The molecule has 0 bridgehead atoms. The van der Waals surface area contributed by atoms with Crippen molar-refractivity contribution in [2.45, 2.75) is 6.92 Å². The van der Waals surface area contributed by atoms with Crippen LogP contribution in [0.4, 0.5) is 0 Å². The van der Waals surface area contributed by atoms with Gasteiger partial charge in [-0.25, -0.2) is 0 Å². The van der Waals surface area contributed by atoms with Crippen molar-refractivity contribution < 1.29 is 4.92 Å². The van der Waals surface area contributed by atoms with E-state index in [4.69, 9.17) is 5.26 Å². The van der Waals surface area contributed by atoms with Gasteiger partial charge in [0.25, 0.3) is 5.70 Å². The standard InChI is InChI=1S/C13H12N2O2S/c1-10-3-5-11(6-4-10)7-12(15(16)17)8-13(9-14)18-2/h3-8H,1-2H3/b12-7+,13-8-. The quantitative estimate of drug-likeness (QED) is 0.360. The fourth-order valence-electron chi connectivity index (χ4n) is 1.25. The summed E-state index contributed by atoms with van der Waals surface area (Å²) < 4.78 is 0. The summed E-state index contributed by atoms with van der Waals surface area (Å²) in [6, 6.07) is 9.28. The van der Waals surface area contributed by atoms with E-state index < -0.39 is 4.92 Å². The average Bonchev–Trinajstić information content (AvgIpc) is 2.36. The summed E-state index contributed by atoms with van der Waals surface area (Å²) in [4.78, 5) is 10.7. The van der Waals surface area contributed by atoms with Gasteiger partial charge >= 0.3 is 0 Å². The van der Waals surface area contributed by atoms with Gasteiger partial charge in [-0.15, -0.1) is 11.8 Å². The van der Waals surface area contributed by atoms with Gasteiger partial charge in [0.1, 0.15) is 6.07 Å². The predicted octanol–water partition coefficient (Wildman–Crippen LogP) is 3.38. The second-order valence-electron chi connectivity index (χ2n) is 3.56. The lowest BCUT2D eigenvalue weighted by atomic mass is 10.1. The maximum atomic E-state index is 10.9. The zero-order valence-electron chi connectivity index (χ0n) is 10.1. The number of benzene rings is 1. The van der Waals surface area contributed by atoms with Crippen LogP contribution in [0.25, 0.3) is 6.08 Å². The highest BCUT2D eigenvalue weighted by Crippen LogP contribution is 2.16. The molecule has 1 aromatic carbocycles. The molecule has 4 nitrogen and oxygen atoms in total. The Morgan fingerprint density at radius 2 is 2.06 bits per heavy atom. The highest BCUT2D eigenvalue weighted by Gasteiger charge is 2.09. The van der Waals surface area contributed by atoms with E-state index in [2.05, 4.69) is 0 Å². The van der Waals surface area contributed by atoms with Gasteiger partial charge in [-0.2, -0.15) is 5.26 Å². The van der Waals surface area contributed by atoms with E-state index in [0.717, 1.165) is 11.1 Å². The number of nitro groups is 1. The molecule has 0 aliphatic heterocycles. The van der Waals surface area contributed by atoms with Crippen LogP contribution < -0.4 is 0 Å². The number of hydrogen-bond donors (Lipinski definition) is 0. The van der Waals surface area contributed by atoms with Gasteiger partial charge in [-0.1, -0.05) is 29.8 Å². The van der Waals surface area contributed by atoms with Gasteiger partial charge in [-0.05, 0) is 18.7 Å². The lowest BCUT2D eigenvalue weighted by molar-refractivity contribution is -0.417. The molecule has 5 heteroatoms. The minimum atomic E-state index is -0.493. The van der Waals surface area contributed by atoms with Gasteiger partial charge in [0.2, 0.25) is 0 Å². The number of allylic oxidation sites excluding steroid dienone is 2. The molecule has 0 aliphatic carbocycles. The van der Waals surface area contributed by atoms with Crippen molar-refractivity contribution in [3.05, 3.63) is 62.2 Å². The van der Waals surface area contributed by atoms with E-state index in [9.17, 15) is 10.1 Å². The van der Waals surface area contributed by atoms with Gasteiger partial charge in [0.05, 0.1) is 9.83 Å². The van der Waals surface area contributed by atoms with Crippen LogP contribution >= 0.6 is 11.8 Å². The fourth-order valence-corrected chi connectivity index (χ4v) is 1.58. The van der Waals surface area contributed by atoms with Crippen LogP contribution in [0.3, 0.4) is 0 Å². The fraction of sp³-hybridized carbons (Fsp3) is 0.154. The maximum Gasteiger partial charge on any atom is 0.271 e. The van der Waals surface area contributed by atoms with E-state index in [-0.39, 0.29) is 5.70 Å². The number of hydrogen-bond acceptors (Lipinski definition) is 4. The minimum absolute atomic E-state index is 0.0928. The van der Waals surface area contributed by atoms with Crippen LogP contribution in [0, 0.1) is 28.4 Å². The summed E-state index contributed by atoms with van der Waals surface area (Å²) in [5.74, 6) is 0. The summed E-state index contributed by atoms with van der Waals surface area (Å²) in [6.45, 7) is 1.95. The Morgan fingerprint density at radius 1 is 1.44 bits per heavy atom. The summed E-state index contributed by atoms with van der Waals surface area (Å²) in [5, 5.41) is 19.7. The molecule has 0 heterocycles. The number of aryl methyl sites for hydroxylation is 1. The summed E-state index contributed by atoms with van der Waals surface area (Å²) in [6.07, 6.45) is 4.44. The van der Waals surface area contributed by atoms with Crippen molar-refractivity contribution in [2.24, 2.45) is 0 Å². The second-order valence-corrected chi connectivity index (χ2v) is 4.41. The van der Waals surface area contributed by atoms with Crippen LogP contribution in [0.15, 0.2) is 40.9 Å². The van der Waals surface area contributed by atoms with Crippen LogP contribution in [0.2, 0.25) is 0 Å². The Bertz CT molecular complexity index is 539. The van der Waals surface area contributed by atoms with Crippen molar-refractivity contribution >= 4 is 17.8 Å². The molecule has 1 aromatic rings. The molecule has 0 saturated heterocycles. The number of nitrogens with zero attached hydrogens (tertiary/aromatic N) is 2. The Kier molecular flexibility index (Phi) is 5.15. The van der Waals surface area contributed by atoms with Crippen LogP contribution in [-0.4, -0.2) is 11.2 Å². The van der Waals surface area contributed by atoms with Crippen LogP contribution in [0.5, 0.6) is 0 Å². The third-order valence-electron chi connectivity index (χ3n) is 2.21. The predicted molar refractivity (Wildman–Crippen MR) is 73.4 cm³/mol. The van der Waals surface area contributed by atoms with Gasteiger partial charge in [-0.3, -0.25) is 10.1 Å². The molecule has 0 aliphatic rings. The highest BCUT2D eigenvalue weighted by molar-refractivity contribution is 8.02. The molecule has 0 spiro atoms. The largest absolute Gasteiger partial charge is 0.271 e. The Morgan fingerprint density at radius 3 is 2.50 bits per heavy atom. The topological polar surface area (TPSA) is 66.9 Å². The lowest BCUT2D eigenvalue weighted by Crippen LogP contribution is -1.96. The van der Waals surface area contributed by atoms with E-state index in [1.54, 1.807) is 18.4 Å². The van der Waals surface area contributed by atoms with E-state index in [1.807, 2.05) is 25.1 Å². The van der Waals surface area contributed by atoms with Crippen LogP contribution in [0.1, 0.15) is 11.1 Å². The van der Waals surface area contributed by atoms with Crippen molar-refractivity contribution in [3.63, 3.8) is 0 Å². The van der Waals surface area contributed by atoms with Crippen molar-refractivity contribution in [2.75, 3.05) is 6.26 Å². The summed E-state index contributed by atoms with van der Waals surface area (Å²) >= 11 is 1.18. The zero-order valence-corrected chi connectivity index (χ0v) is 10.9. The SMILES string of the molecule is CS/C(C#N)=C\C(=C/c1ccc(C)cc1)[N+](=O)[O-]. The molecule has 0 amide bonds. The zero-order chi connectivity index (χ0) is 13.5. The Labute approximate surface area is 110 Å². The third-order valence-corrected chi connectivity index (χ3v) is 2.86. The Hall–Kier alpha value is -2.06. The van der Waals surface area contributed by atoms with E-state index >= 15 is 0 Å². The molecule has 92 valence electrons. The molecule has 0 aromatic heterocycles. The maximum absolute atomic E-state index is 10.9. The summed E-state index contributed by atoms with van der Waals surface area (Å²) in [5.41, 5.74) is 1.74. The minimum Gasteiger partial charge on any atom is -0.258 e. The van der Waals surface area contributed by atoms with Crippen molar-refractivity contribution in [3.8, 4) is 6.07 Å². The molecule has 18 heavy (non-hydrogen) atoms. The molecule has 0 fully saturated rings. The molecular weight excluding hydrogens is 248 g/mol. The summed E-state index contributed by atoms with van der Waals surface area (Å²) in [7, 11) is 0. The lowest BCUT2D eigenvalue weighted by Gasteiger charge is -1.96. The normalized spacial score (nSPS) is 12.1. The van der Waals surface area contributed by atoms with E-state index in [1.165, 1.54) is 23.9 Å². The monoisotopic (exact) mass is 260 g/mol. The number of rotatable bonds is 4. The smallest absolute Gasteiger partial charge is 0.258 e. The van der Waals surface area contributed by atoms with Gasteiger partial charge < -0.3 is 0 Å². The van der Waals surface area contributed by atoms with Gasteiger partial charge in [0.15, 0.2) is 0 Å². The first-order chi connectivity index (χ1) is 8.56. The second kappa shape index (κ2) is 6.62.